The van der Waals surface area contributed by atoms with Crippen molar-refractivity contribution >= 4 is 11.3 Å². The normalized spacial score (nSPS) is 26.7. The molecule has 0 amide bonds. The molecule has 0 N–H and O–H groups in total. The number of hydrogen-bond acceptors (Lipinski definition) is 5. The summed E-state index contributed by atoms with van der Waals surface area (Å²) in [5.74, 6) is 0.267. The highest BCUT2D eigenvalue weighted by Crippen LogP contribution is 2.35. The van der Waals surface area contributed by atoms with Crippen LogP contribution in [0.15, 0.2) is 35.8 Å². The van der Waals surface area contributed by atoms with Gasteiger partial charge in [-0.3, -0.25) is 4.90 Å². The fourth-order valence-electron chi connectivity index (χ4n) is 3.96. The van der Waals surface area contributed by atoms with Gasteiger partial charge in [-0.2, -0.15) is 0 Å². The second kappa shape index (κ2) is 7.91. The molecule has 2 aromatic rings. The summed E-state index contributed by atoms with van der Waals surface area (Å²) < 4.78 is 25.1. The molecule has 1 saturated heterocycles. The van der Waals surface area contributed by atoms with E-state index in [1.807, 2.05) is 23.7 Å². The van der Waals surface area contributed by atoms with E-state index in [2.05, 4.69) is 9.88 Å². The molecule has 1 saturated carbocycles. The van der Waals surface area contributed by atoms with E-state index in [9.17, 15) is 4.39 Å². The van der Waals surface area contributed by atoms with E-state index in [4.69, 9.17) is 9.47 Å². The first-order valence-corrected chi connectivity index (χ1v) is 9.74. The summed E-state index contributed by atoms with van der Waals surface area (Å²) in [6.45, 7) is 3.87. The maximum atomic E-state index is 13.1. The number of ether oxygens (including phenoxy) is 2. The topological polar surface area (TPSA) is 34.6 Å². The van der Waals surface area contributed by atoms with Crippen LogP contribution in [0.1, 0.15) is 23.4 Å². The molecule has 134 valence electrons. The van der Waals surface area contributed by atoms with Crippen molar-refractivity contribution < 1.29 is 13.9 Å². The first kappa shape index (κ1) is 17.1. The molecule has 0 spiro atoms. The molecule has 4 nitrogen and oxygen atoms in total. The van der Waals surface area contributed by atoms with Crippen LogP contribution in [0.25, 0.3) is 0 Å². The van der Waals surface area contributed by atoms with Gasteiger partial charge in [0.1, 0.15) is 10.8 Å². The third-order valence-electron chi connectivity index (χ3n) is 5.17. The zero-order chi connectivity index (χ0) is 17.1. The van der Waals surface area contributed by atoms with Gasteiger partial charge in [-0.15, -0.1) is 11.3 Å². The molecule has 3 atom stereocenters. The molecular formula is C19H23FN2O2S. The van der Waals surface area contributed by atoms with E-state index < -0.39 is 0 Å². The molecular weight excluding hydrogens is 339 g/mol. The number of aromatic nitrogens is 1. The van der Waals surface area contributed by atoms with Crippen LogP contribution in [0.3, 0.4) is 0 Å². The summed E-state index contributed by atoms with van der Waals surface area (Å²) >= 11 is 1.63. The van der Waals surface area contributed by atoms with Crippen LogP contribution < -0.4 is 0 Å². The predicted octanol–water partition coefficient (Wildman–Crippen LogP) is 3.48. The Balaban J connectivity index is 1.32. The van der Waals surface area contributed by atoms with Crippen molar-refractivity contribution in [3.63, 3.8) is 0 Å². The number of benzene rings is 1. The molecule has 1 aromatic carbocycles. The number of morpholine rings is 1. The average molecular weight is 362 g/mol. The highest BCUT2D eigenvalue weighted by molar-refractivity contribution is 7.09. The van der Waals surface area contributed by atoms with Crippen LogP contribution in [0.4, 0.5) is 4.39 Å². The lowest BCUT2D eigenvalue weighted by atomic mass is 10.0. The van der Waals surface area contributed by atoms with Gasteiger partial charge in [0.05, 0.1) is 25.9 Å². The first-order valence-electron chi connectivity index (χ1n) is 8.86. The second-order valence-corrected chi connectivity index (χ2v) is 7.76. The minimum atomic E-state index is -0.179. The maximum absolute atomic E-state index is 13.1. The van der Waals surface area contributed by atoms with E-state index in [1.54, 1.807) is 11.3 Å². The third kappa shape index (κ3) is 4.08. The number of fused-ring (bicyclic) bond motifs is 1. The van der Waals surface area contributed by atoms with Crippen molar-refractivity contribution in [3.8, 4) is 0 Å². The maximum Gasteiger partial charge on any atom is 0.123 e. The van der Waals surface area contributed by atoms with Gasteiger partial charge in [0.25, 0.3) is 0 Å². The third-order valence-corrected chi connectivity index (χ3v) is 5.93. The molecule has 4 rings (SSSR count). The summed E-state index contributed by atoms with van der Waals surface area (Å²) in [5.41, 5.74) is 1.16. The van der Waals surface area contributed by atoms with Gasteiger partial charge in [0.2, 0.25) is 0 Å². The van der Waals surface area contributed by atoms with Gasteiger partial charge < -0.3 is 9.47 Å². The van der Waals surface area contributed by atoms with E-state index in [1.165, 1.54) is 12.1 Å². The smallest absolute Gasteiger partial charge is 0.123 e. The lowest BCUT2D eigenvalue weighted by molar-refractivity contribution is -0.0891. The monoisotopic (exact) mass is 362 g/mol. The predicted molar refractivity (Wildman–Crippen MR) is 94.8 cm³/mol. The number of thiazole rings is 1. The number of halogens is 1. The Morgan fingerprint density at radius 2 is 2.16 bits per heavy atom. The Labute approximate surface area is 151 Å². The summed E-state index contributed by atoms with van der Waals surface area (Å²) in [6, 6.07) is 7.27. The molecule has 0 radical (unpaired) electrons. The van der Waals surface area contributed by atoms with Crippen molar-refractivity contribution in [2.45, 2.75) is 38.1 Å². The van der Waals surface area contributed by atoms with Crippen LogP contribution in [-0.2, 0) is 22.6 Å². The highest BCUT2D eigenvalue weighted by atomic mass is 32.1. The minimum Gasteiger partial charge on any atom is -0.375 e. The van der Waals surface area contributed by atoms with Crippen LogP contribution >= 0.6 is 11.3 Å². The summed E-state index contributed by atoms with van der Waals surface area (Å²) in [7, 11) is 0. The fraction of sp³-hybridized carbons (Fsp3) is 0.526. The number of hydrogen-bond donors (Lipinski definition) is 0. The Morgan fingerprint density at radius 1 is 1.28 bits per heavy atom. The molecule has 2 heterocycles. The van der Waals surface area contributed by atoms with Crippen molar-refractivity contribution in [1.82, 2.24) is 9.88 Å². The zero-order valence-electron chi connectivity index (χ0n) is 14.1. The number of nitrogens with zero attached hydrogens (tertiary/aromatic N) is 2. The van der Waals surface area contributed by atoms with Crippen molar-refractivity contribution in [2.24, 2.45) is 5.92 Å². The van der Waals surface area contributed by atoms with E-state index >= 15 is 0 Å². The SMILES string of the molecule is Fc1ccc(CN2CCOC3C(COCc4nccs4)CCC32)cc1. The molecule has 25 heavy (non-hydrogen) atoms. The van der Waals surface area contributed by atoms with Gasteiger partial charge in [-0.05, 0) is 30.5 Å². The Kier molecular flexibility index (Phi) is 5.41. The van der Waals surface area contributed by atoms with Gasteiger partial charge in [-0.25, -0.2) is 9.37 Å². The first-order chi connectivity index (χ1) is 12.3. The lowest BCUT2D eigenvalue weighted by Crippen LogP contribution is -2.50. The van der Waals surface area contributed by atoms with Gasteiger partial charge >= 0.3 is 0 Å². The standard InChI is InChI=1S/C19H23FN2O2S/c20-16-4-1-14(2-5-16)11-22-8-9-24-19-15(3-6-17(19)22)12-23-13-18-21-7-10-25-18/h1-2,4-5,7,10,15,17,19H,3,6,8-9,11-13H2. The molecule has 3 unspecified atom stereocenters. The fourth-order valence-corrected chi connectivity index (χ4v) is 4.51. The van der Waals surface area contributed by atoms with Crippen molar-refractivity contribution in [1.29, 1.82) is 0 Å². The minimum absolute atomic E-state index is 0.179. The van der Waals surface area contributed by atoms with Crippen LogP contribution in [0.5, 0.6) is 0 Å². The van der Waals surface area contributed by atoms with E-state index in [0.717, 1.165) is 49.7 Å². The zero-order valence-corrected chi connectivity index (χ0v) is 15.0. The Hall–Kier alpha value is -1.34. The molecule has 1 aliphatic heterocycles. The molecule has 0 bridgehead atoms. The lowest BCUT2D eigenvalue weighted by Gasteiger charge is -2.39. The molecule has 2 aliphatic rings. The summed E-state index contributed by atoms with van der Waals surface area (Å²) in [5, 5.41) is 3.00. The van der Waals surface area contributed by atoms with Crippen molar-refractivity contribution in [2.75, 3.05) is 19.8 Å². The molecule has 6 heteroatoms. The van der Waals surface area contributed by atoms with Gasteiger partial charge in [0.15, 0.2) is 0 Å². The average Bonchev–Trinajstić information content (AvgIpc) is 3.28. The van der Waals surface area contributed by atoms with E-state index in [0.29, 0.717) is 18.6 Å². The van der Waals surface area contributed by atoms with Gasteiger partial charge in [0, 0.05) is 36.6 Å². The quantitative estimate of drug-likeness (QED) is 0.788. The Bertz CT molecular complexity index is 665. The molecule has 1 aromatic heterocycles. The largest absolute Gasteiger partial charge is 0.375 e. The van der Waals surface area contributed by atoms with Crippen LogP contribution in [0.2, 0.25) is 0 Å². The van der Waals surface area contributed by atoms with Gasteiger partial charge in [-0.1, -0.05) is 12.1 Å². The number of rotatable bonds is 6. The van der Waals surface area contributed by atoms with Crippen LogP contribution in [0, 0.1) is 11.7 Å². The Morgan fingerprint density at radius 3 is 2.96 bits per heavy atom. The van der Waals surface area contributed by atoms with E-state index in [-0.39, 0.29) is 11.9 Å². The second-order valence-electron chi connectivity index (χ2n) is 6.78. The van der Waals surface area contributed by atoms with Crippen molar-refractivity contribution in [3.05, 3.63) is 52.2 Å². The molecule has 1 aliphatic carbocycles. The summed E-state index contributed by atoms with van der Waals surface area (Å²) in [4.78, 5) is 6.74. The van der Waals surface area contributed by atoms with Crippen LogP contribution in [-0.4, -0.2) is 41.8 Å². The highest BCUT2D eigenvalue weighted by Gasteiger charge is 2.42. The summed E-state index contributed by atoms with van der Waals surface area (Å²) in [6.07, 6.45) is 4.32. The molecule has 2 fully saturated rings.